The summed E-state index contributed by atoms with van der Waals surface area (Å²) >= 11 is 0. The van der Waals surface area contributed by atoms with Crippen LogP contribution in [0.1, 0.15) is 40.4 Å². The van der Waals surface area contributed by atoms with Crippen LogP contribution in [0, 0.1) is 6.92 Å². The normalized spacial score (nSPS) is 17.7. The van der Waals surface area contributed by atoms with Crippen LogP contribution in [-0.4, -0.2) is 36.0 Å². The minimum Gasteiger partial charge on any atom is -0.464 e. The number of hydrogen-bond donors (Lipinski definition) is 1. The summed E-state index contributed by atoms with van der Waals surface area (Å²) in [4.78, 5) is 12.0. The molecule has 1 aliphatic heterocycles. The molecule has 0 aromatic carbocycles. The first-order valence-electron chi connectivity index (χ1n) is 6.30. The van der Waals surface area contributed by atoms with E-state index in [2.05, 4.69) is 10.4 Å². The fraction of sp³-hybridized carbons (Fsp3) is 0.538. The van der Waals surface area contributed by atoms with Crippen molar-refractivity contribution >= 4 is 12.3 Å². The van der Waals surface area contributed by atoms with E-state index in [-0.39, 0.29) is 12.1 Å². The van der Waals surface area contributed by atoms with E-state index in [0.29, 0.717) is 5.69 Å². The number of ether oxygens (including phenoxy) is 1. The maximum absolute atomic E-state index is 12.0. The summed E-state index contributed by atoms with van der Waals surface area (Å²) in [5.41, 5.74) is 3.79. The van der Waals surface area contributed by atoms with E-state index >= 15 is 0 Å². The van der Waals surface area contributed by atoms with Crippen molar-refractivity contribution in [3.63, 3.8) is 0 Å². The summed E-state index contributed by atoms with van der Waals surface area (Å²) in [5, 5.41) is 9.24. The third-order valence-electron chi connectivity index (χ3n) is 3.69. The lowest BCUT2D eigenvalue weighted by Gasteiger charge is -2.20. The van der Waals surface area contributed by atoms with Crippen LogP contribution in [0.25, 0.3) is 0 Å². The number of rotatable bonds is 3. The highest BCUT2D eigenvalue weighted by Crippen LogP contribution is 2.31. The number of aromatic nitrogens is 1. The van der Waals surface area contributed by atoms with Crippen molar-refractivity contribution < 1.29 is 9.53 Å². The molecule has 0 saturated heterocycles. The van der Waals surface area contributed by atoms with Crippen LogP contribution in [0.5, 0.6) is 0 Å². The molecule has 6 nitrogen and oxygen atoms in total. The van der Waals surface area contributed by atoms with Gasteiger partial charge in [0.15, 0.2) is 0 Å². The highest BCUT2D eigenvalue weighted by molar-refractivity contribution is 5.90. The topological polar surface area (TPSA) is 58.9 Å². The molecule has 1 aromatic heterocycles. The van der Waals surface area contributed by atoms with E-state index in [1.807, 2.05) is 37.5 Å². The zero-order valence-corrected chi connectivity index (χ0v) is 12.0. The van der Waals surface area contributed by atoms with Crippen molar-refractivity contribution in [3.05, 3.63) is 22.5 Å². The van der Waals surface area contributed by atoms with E-state index < -0.39 is 0 Å². The predicted molar refractivity (Wildman–Crippen MR) is 73.0 cm³/mol. The second-order valence-electron chi connectivity index (χ2n) is 4.62. The van der Waals surface area contributed by atoms with Crippen LogP contribution in [-0.2, 0) is 18.2 Å². The first kappa shape index (κ1) is 13.5. The molecule has 1 atom stereocenters. The number of nitrogens with one attached hydrogen (secondary N) is 1. The van der Waals surface area contributed by atoms with Crippen molar-refractivity contribution in [2.75, 3.05) is 14.2 Å². The molecule has 1 N–H and O–H groups in total. The Bertz CT molecular complexity index is 533. The zero-order valence-electron chi connectivity index (χ0n) is 12.0. The fourth-order valence-electron chi connectivity index (χ4n) is 2.61. The van der Waals surface area contributed by atoms with E-state index in [9.17, 15) is 4.79 Å². The van der Waals surface area contributed by atoms with Crippen molar-refractivity contribution in [2.45, 2.75) is 26.4 Å². The summed E-state index contributed by atoms with van der Waals surface area (Å²) in [6, 6.07) is 0. The molecule has 0 amide bonds. The Hall–Kier alpha value is -1.98. The Kier molecular flexibility index (Phi) is 3.50. The van der Waals surface area contributed by atoms with Crippen molar-refractivity contribution in [2.24, 2.45) is 12.1 Å². The standard InChI is InChI=1S/C13H20N4O2/c1-6-9-10(12-14-7-15-17(12)4)8(2)16(3)11(9)13(18)19-5/h7,12H,6H2,1-5H3,(H,14,15). The van der Waals surface area contributed by atoms with Crippen LogP contribution in [0.3, 0.4) is 0 Å². The average Bonchev–Trinajstić information content (AvgIpc) is 2.92. The number of esters is 1. The van der Waals surface area contributed by atoms with Gasteiger partial charge in [0.05, 0.1) is 7.11 Å². The van der Waals surface area contributed by atoms with Gasteiger partial charge in [-0.1, -0.05) is 6.92 Å². The van der Waals surface area contributed by atoms with Crippen LogP contribution < -0.4 is 5.32 Å². The number of carbonyl (C=O) groups excluding carboxylic acids is 1. The van der Waals surface area contributed by atoms with Gasteiger partial charge in [-0.15, -0.1) is 0 Å². The Morgan fingerprint density at radius 1 is 1.53 bits per heavy atom. The van der Waals surface area contributed by atoms with Gasteiger partial charge < -0.3 is 14.6 Å². The number of hydrazone groups is 1. The van der Waals surface area contributed by atoms with Crippen LogP contribution in [0.4, 0.5) is 0 Å². The van der Waals surface area contributed by atoms with Gasteiger partial charge in [-0.3, -0.25) is 5.01 Å². The summed E-state index contributed by atoms with van der Waals surface area (Å²) in [7, 11) is 5.21. The summed E-state index contributed by atoms with van der Waals surface area (Å²) in [6.45, 7) is 4.05. The van der Waals surface area contributed by atoms with Gasteiger partial charge in [0.1, 0.15) is 18.2 Å². The monoisotopic (exact) mass is 264 g/mol. The van der Waals surface area contributed by atoms with E-state index in [0.717, 1.165) is 23.2 Å². The SMILES string of the molecule is CCc1c(C2NC=NN2C)c(C)n(C)c1C(=O)OC. The van der Waals surface area contributed by atoms with Gasteiger partial charge >= 0.3 is 5.97 Å². The smallest absolute Gasteiger partial charge is 0.354 e. The Morgan fingerprint density at radius 2 is 2.21 bits per heavy atom. The van der Waals surface area contributed by atoms with E-state index in [1.54, 1.807) is 6.34 Å². The van der Waals surface area contributed by atoms with Gasteiger partial charge in [-0.25, -0.2) is 4.79 Å². The summed E-state index contributed by atoms with van der Waals surface area (Å²) < 4.78 is 6.79. The van der Waals surface area contributed by atoms with Gasteiger partial charge in [-0.2, -0.15) is 5.10 Å². The average molecular weight is 264 g/mol. The molecular formula is C13H20N4O2. The third-order valence-corrected chi connectivity index (χ3v) is 3.69. The molecule has 0 fully saturated rings. The summed E-state index contributed by atoms with van der Waals surface area (Å²) in [6.07, 6.45) is 2.42. The third kappa shape index (κ3) is 1.97. The van der Waals surface area contributed by atoms with Crippen LogP contribution >= 0.6 is 0 Å². The zero-order chi connectivity index (χ0) is 14.2. The Balaban J connectivity index is 2.58. The molecule has 2 rings (SSSR count). The highest BCUT2D eigenvalue weighted by Gasteiger charge is 2.30. The molecule has 6 heteroatoms. The molecule has 2 heterocycles. The Labute approximate surface area is 113 Å². The number of nitrogens with zero attached hydrogens (tertiary/aromatic N) is 3. The number of methoxy groups -OCH3 is 1. The maximum Gasteiger partial charge on any atom is 0.354 e. The van der Waals surface area contributed by atoms with E-state index in [4.69, 9.17) is 4.74 Å². The molecule has 0 aliphatic carbocycles. The van der Waals surface area contributed by atoms with Gasteiger partial charge in [0, 0.05) is 25.4 Å². The molecule has 0 spiro atoms. The summed E-state index contributed by atoms with van der Waals surface area (Å²) in [5.74, 6) is -0.296. The minimum absolute atomic E-state index is 0.0282. The first-order chi connectivity index (χ1) is 9.02. The largest absolute Gasteiger partial charge is 0.464 e. The van der Waals surface area contributed by atoms with E-state index in [1.165, 1.54) is 7.11 Å². The molecule has 1 unspecified atom stereocenters. The second-order valence-corrected chi connectivity index (χ2v) is 4.62. The molecule has 0 radical (unpaired) electrons. The fourth-order valence-corrected chi connectivity index (χ4v) is 2.61. The number of carbonyl (C=O) groups is 1. The molecule has 104 valence electrons. The lowest BCUT2D eigenvalue weighted by molar-refractivity contribution is 0.0588. The molecule has 19 heavy (non-hydrogen) atoms. The Morgan fingerprint density at radius 3 is 2.68 bits per heavy atom. The van der Waals surface area contributed by atoms with Crippen LogP contribution in [0.2, 0.25) is 0 Å². The quantitative estimate of drug-likeness (QED) is 0.832. The molecule has 0 saturated carbocycles. The van der Waals surface area contributed by atoms with Gasteiger partial charge in [-0.05, 0) is 18.9 Å². The minimum atomic E-state index is -0.296. The lowest BCUT2D eigenvalue weighted by atomic mass is 10.0. The van der Waals surface area contributed by atoms with Gasteiger partial charge in [0.2, 0.25) is 0 Å². The van der Waals surface area contributed by atoms with Crippen molar-refractivity contribution in [1.29, 1.82) is 0 Å². The van der Waals surface area contributed by atoms with Gasteiger partial charge in [0.25, 0.3) is 0 Å². The molecule has 1 aliphatic rings. The molecule has 1 aromatic rings. The lowest BCUT2D eigenvalue weighted by Crippen LogP contribution is -2.26. The van der Waals surface area contributed by atoms with Crippen molar-refractivity contribution in [1.82, 2.24) is 14.9 Å². The second kappa shape index (κ2) is 4.95. The number of hydrogen-bond acceptors (Lipinski definition) is 5. The maximum atomic E-state index is 12.0. The van der Waals surface area contributed by atoms with Crippen LogP contribution in [0.15, 0.2) is 5.10 Å². The first-order valence-corrected chi connectivity index (χ1v) is 6.30. The predicted octanol–water partition coefficient (Wildman–Crippen LogP) is 1.16. The van der Waals surface area contributed by atoms with Crippen molar-refractivity contribution in [3.8, 4) is 0 Å². The molecular weight excluding hydrogens is 244 g/mol. The molecule has 0 bridgehead atoms. The highest BCUT2D eigenvalue weighted by atomic mass is 16.5.